The van der Waals surface area contributed by atoms with E-state index in [1.54, 1.807) is 55.7 Å². The van der Waals surface area contributed by atoms with Gasteiger partial charge < -0.3 is 10.2 Å². The Labute approximate surface area is 222 Å². The molecule has 2 N–H and O–H groups in total. The SMILES string of the molecule is C[C@H](C(=O)NCc1ccncc1)N(Cc1ccc(F)cc1)C(=O)CCc1ccc(S(=O)(=O)NC2CC2)cc1. The molecule has 0 bridgehead atoms. The van der Waals surface area contributed by atoms with Crippen molar-refractivity contribution in [2.45, 2.75) is 62.7 Å². The first-order valence-electron chi connectivity index (χ1n) is 12.5. The van der Waals surface area contributed by atoms with Crippen LogP contribution >= 0.6 is 0 Å². The number of amides is 2. The third kappa shape index (κ3) is 7.69. The number of hydrogen-bond acceptors (Lipinski definition) is 5. The molecule has 0 aliphatic heterocycles. The molecule has 1 fully saturated rings. The molecule has 1 atom stereocenters. The highest BCUT2D eigenvalue weighted by Gasteiger charge is 2.28. The average Bonchev–Trinajstić information content (AvgIpc) is 3.74. The molecule has 0 spiro atoms. The summed E-state index contributed by atoms with van der Waals surface area (Å²) in [5.41, 5.74) is 2.39. The van der Waals surface area contributed by atoms with Crippen molar-refractivity contribution >= 4 is 21.8 Å². The van der Waals surface area contributed by atoms with Gasteiger partial charge in [0.2, 0.25) is 21.8 Å². The van der Waals surface area contributed by atoms with Gasteiger partial charge in [-0.15, -0.1) is 0 Å². The smallest absolute Gasteiger partial charge is 0.242 e. The van der Waals surface area contributed by atoms with Crippen LogP contribution in [-0.2, 0) is 39.1 Å². The number of carbonyl (C=O) groups is 2. The lowest BCUT2D eigenvalue weighted by Crippen LogP contribution is -2.47. The standard InChI is InChI=1S/C28H31FN4O4S/c1-20(28(35)31-18-22-14-16-30-17-15-22)33(19-23-2-7-24(29)8-3-23)27(34)13-6-21-4-11-26(12-5-21)38(36,37)32-25-9-10-25/h2-5,7-8,11-12,14-17,20,25,32H,6,9-10,13,18-19H2,1H3,(H,31,35)/t20-/m1/s1. The zero-order valence-corrected chi connectivity index (χ0v) is 22.0. The highest BCUT2D eigenvalue weighted by molar-refractivity contribution is 7.89. The van der Waals surface area contributed by atoms with Crippen molar-refractivity contribution in [2.75, 3.05) is 0 Å². The Kier molecular flexibility index (Phi) is 8.85. The van der Waals surface area contributed by atoms with Crippen LogP contribution in [0.1, 0.15) is 42.9 Å². The largest absolute Gasteiger partial charge is 0.350 e. The van der Waals surface area contributed by atoms with Crippen LogP contribution in [-0.4, -0.2) is 42.2 Å². The fraction of sp³-hybridized carbons (Fsp3) is 0.321. The second-order valence-corrected chi connectivity index (χ2v) is 11.2. The molecule has 4 rings (SSSR count). The van der Waals surface area contributed by atoms with Crippen LogP contribution in [0.5, 0.6) is 0 Å². The number of aryl methyl sites for hydroxylation is 1. The normalized spacial score (nSPS) is 14.1. The van der Waals surface area contributed by atoms with Gasteiger partial charge in [-0.05, 0) is 79.3 Å². The molecule has 1 aliphatic carbocycles. The number of nitrogens with one attached hydrogen (secondary N) is 2. The minimum absolute atomic E-state index is 0.0216. The first-order valence-corrected chi connectivity index (χ1v) is 14.0. The fourth-order valence-electron chi connectivity index (χ4n) is 3.93. The summed E-state index contributed by atoms with van der Waals surface area (Å²) < 4.78 is 40.8. The predicted molar refractivity (Wildman–Crippen MR) is 141 cm³/mol. The second-order valence-electron chi connectivity index (χ2n) is 9.44. The molecule has 1 saturated carbocycles. The number of aromatic nitrogens is 1. The molecule has 3 aromatic rings. The molecule has 2 amide bonds. The van der Waals surface area contributed by atoms with Crippen LogP contribution in [0.15, 0.2) is 78.0 Å². The molecule has 0 saturated heterocycles. The fourth-order valence-corrected chi connectivity index (χ4v) is 5.23. The Morgan fingerprint density at radius 1 is 0.974 bits per heavy atom. The minimum atomic E-state index is -3.54. The molecule has 38 heavy (non-hydrogen) atoms. The molecule has 1 heterocycles. The zero-order chi connectivity index (χ0) is 27.1. The van der Waals surface area contributed by atoms with E-state index >= 15 is 0 Å². The third-order valence-corrected chi connectivity index (χ3v) is 7.95. The quantitative estimate of drug-likeness (QED) is 0.368. The molecule has 0 radical (unpaired) electrons. The zero-order valence-electron chi connectivity index (χ0n) is 21.1. The van der Waals surface area contributed by atoms with Crippen molar-refractivity contribution in [3.05, 3.63) is 95.6 Å². The predicted octanol–water partition coefficient (Wildman–Crippen LogP) is 3.33. The van der Waals surface area contributed by atoms with Crippen molar-refractivity contribution in [1.29, 1.82) is 0 Å². The highest BCUT2D eigenvalue weighted by Crippen LogP contribution is 2.22. The summed E-state index contributed by atoms with van der Waals surface area (Å²) in [7, 11) is -3.54. The first-order chi connectivity index (χ1) is 18.2. The molecule has 1 aliphatic rings. The number of rotatable bonds is 12. The number of carbonyl (C=O) groups excluding carboxylic acids is 2. The summed E-state index contributed by atoms with van der Waals surface area (Å²) in [6.45, 7) is 2.11. The molecule has 10 heteroatoms. The molecule has 1 aromatic heterocycles. The molecule has 2 aromatic carbocycles. The van der Waals surface area contributed by atoms with E-state index in [2.05, 4.69) is 15.0 Å². The topological polar surface area (TPSA) is 108 Å². The van der Waals surface area contributed by atoms with E-state index in [1.807, 2.05) is 0 Å². The number of hydrogen-bond donors (Lipinski definition) is 2. The number of halogens is 1. The summed E-state index contributed by atoms with van der Waals surface area (Å²) in [6, 6.07) is 15.1. The Bertz CT molecular complexity index is 1350. The van der Waals surface area contributed by atoms with Crippen molar-refractivity contribution in [1.82, 2.24) is 19.9 Å². The summed E-state index contributed by atoms with van der Waals surface area (Å²) in [6.07, 6.45) is 5.49. The maximum Gasteiger partial charge on any atom is 0.242 e. The van der Waals surface area contributed by atoms with E-state index in [-0.39, 0.29) is 41.5 Å². The summed E-state index contributed by atoms with van der Waals surface area (Å²) in [5.74, 6) is -0.935. The molecule has 8 nitrogen and oxygen atoms in total. The van der Waals surface area contributed by atoms with Crippen molar-refractivity contribution in [3.8, 4) is 0 Å². The molecule has 200 valence electrons. The van der Waals surface area contributed by atoms with Crippen molar-refractivity contribution in [2.24, 2.45) is 0 Å². The Balaban J connectivity index is 1.41. The van der Waals surface area contributed by atoms with Gasteiger partial charge in [0.1, 0.15) is 11.9 Å². The number of benzene rings is 2. The van der Waals surface area contributed by atoms with Crippen LogP contribution < -0.4 is 10.0 Å². The van der Waals surface area contributed by atoms with E-state index < -0.39 is 16.1 Å². The average molecular weight is 539 g/mol. The maximum absolute atomic E-state index is 13.4. The Morgan fingerprint density at radius 3 is 2.24 bits per heavy atom. The number of pyridine rings is 1. The Morgan fingerprint density at radius 2 is 1.61 bits per heavy atom. The van der Waals surface area contributed by atoms with Crippen LogP contribution in [0.2, 0.25) is 0 Å². The van der Waals surface area contributed by atoms with E-state index in [9.17, 15) is 22.4 Å². The Hall–Kier alpha value is -3.63. The van der Waals surface area contributed by atoms with Gasteiger partial charge >= 0.3 is 0 Å². The van der Waals surface area contributed by atoms with Gasteiger partial charge in [0.15, 0.2) is 0 Å². The van der Waals surface area contributed by atoms with Gasteiger partial charge in [-0.25, -0.2) is 17.5 Å². The lowest BCUT2D eigenvalue weighted by Gasteiger charge is -2.29. The maximum atomic E-state index is 13.4. The lowest BCUT2D eigenvalue weighted by atomic mass is 10.1. The molecular formula is C28H31FN4O4S. The molecular weight excluding hydrogens is 507 g/mol. The van der Waals surface area contributed by atoms with E-state index in [0.717, 1.165) is 24.0 Å². The third-order valence-electron chi connectivity index (χ3n) is 6.41. The summed E-state index contributed by atoms with van der Waals surface area (Å²) in [4.78, 5) is 31.9. The van der Waals surface area contributed by atoms with Crippen molar-refractivity contribution < 1.29 is 22.4 Å². The van der Waals surface area contributed by atoms with Gasteiger partial charge in [-0.3, -0.25) is 14.6 Å². The minimum Gasteiger partial charge on any atom is -0.350 e. The number of nitrogens with zero attached hydrogens (tertiary/aromatic N) is 2. The van der Waals surface area contributed by atoms with E-state index in [0.29, 0.717) is 18.5 Å². The highest BCUT2D eigenvalue weighted by atomic mass is 32.2. The van der Waals surface area contributed by atoms with Gasteiger partial charge in [0, 0.05) is 37.9 Å². The monoisotopic (exact) mass is 538 g/mol. The van der Waals surface area contributed by atoms with Gasteiger partial charge in [0.25, 0.3) is 0 Å². The van der Waals surface area contributed by atoms with Gasteiger partial charge in [0.05, 0.1) is 4.90 Å². The first kappa shape index (κ1) is 27.4. The van der Waals surface area contributed by atoms with E-state index in [1.165, 1.54) is 29.2 Å². The van der Waals surface area contributed by atoms with Gasteiger partial charge in [-0.1, -0.05) is 24.3 Å². The van der Waals surface area contributed by atoms with Crippen LogP contribution in [0.25, 0.3) is 0 Å². The van der Waals surface area contributed by atoms with Crippen LogP contribution in [0.3, 0.4) is 0 Å². The van der Waals surface area contributed by atoms with Gasteiger partial charge in [-0.2, -0.15) is 0 Å². The second kappa shape index (κ2) is 12.3. The summed E-state index contributed by atoms with van der Waals surface area (Å²) >= 11 is 0. The van der Waals surface area contributed by atoms with E-state index in [4.69, 9.17) is 0 Å². The van der Waals surface area contributed by atoms with Crippen LogP contribution in [0, 0.1) is 5.82 Å². The van der Waals surface area contributed by atoms with Crippen LogP contribution in [0.4, 0.5) is 4.39 Å². The lowest BCUT2D eigenvalue weighted by molar-refractivity contribution is -0.140. The van der Waals surface area contributed by atoms with Crippen molar-refractivity contribution in [3.63, 3.8) is 0 Å². The summed E-state index contributed by atoms with van der Waals surface area (Å²) in [5, 5.41) is 2.86. The number of sulfonamides is 1. The molecule has 0 unspecified atom stereocenters.